The molecule has 0 N–H and O–H groups in total. The summed E-state index contributed by atoms with van der Waals surface area (Å²) in [4.78, 5) is 38.1. The average molecular weight is 215 g/mol. The van der Waals surface area contributed by atoms with Crippen molar-refractivity contribution in [1.82, 2.24) is 5.06 Å². The summed E-state index contributed by atoms with van der Waals surface area (Å²) in [5.74, 6) is -1.60. The zero-order valence-electron chi connectivity index (χ0n) is 9.41. The van der Waals surface area contributed by atoms with E-state index in [0.29, 0.717) is 17.9 Å². The Hall–Kier alpha value is -1.39. The lowest BCUT2D eigenvalue weighted by molar-refractivity contribution is -0.201. The fourth-order valence-corrected chi connectivity index (χ4v) is 1.00. The number of carbonyl (C=O) groups is 3. The van der Waals surface area contributed by atoms with Gasteiger partial charge in [0.25, 0.3) is 11.8 Å². The Labute approximate surface area is 89.3 Å². The quantitative estimate of drug-likeness (QED) is 0.665. The Morgan fingerprint density at radius 3 is 1.67 bits per heavy atom. The standard InChI is InChI=1S/C10H17NO4/c1-4-6-9(13)11(15-8(3)12)10(14)7-5-2/h4-7H2,1-3H3. The summed E-state index contributed by atoms with van der Waals surface area (Å²) < 4.78 is 0. The molecule has 0 aromatic rings. The second-order valence-corrected chi connectivity index (χ2v) is 3.16. The summed E-state index contributed by atoms with van der Waals surface area (Å²) in [6, 6.07) is 0. The Balaban J connectivity index is 4.49. The molecule has 0 aromatic heterocycles. The first-order chi connectivity index (χ1) is 7.02. The van der Waals surface area contributed by atoms with Crippen LogP contribution in [0.3, 0.4) is 0 Å². The normalized spacial score (nSPS) is 9.53. The van der Waals surface area contributed by atoms with Crippen LogP contribution < -0.4 is 0 Å². The Morgan fingerprint density at radius 2 is 1.40 bits per heavy atom. The average Bonchev–Trinajstić information content (AvgIpc) is 2.14. The third-order valence-corrected chi connectivity index (χ3v) is 1.60. The minimum Gasteiger partial charge on any atom is -0.331 e. The van der Waals surface area contributed by atoms with Gasteiger partial charge < -0.3 is 4.84 Å². The highest BCUT2D eigenvalue weighted by atomic mass is 16.7. The minimum absolute atomic E-state index is 0.197. The molecule has 0 saturated heterocycles. The van der Waals surface area contributed by atoms with Gasteiger partial charge >= 0.3 is 5.97 Å². The number of hydrogen-bond acceptors (Lipinski definition) is 4. The van der Waals surface area contributed by atoms with E-state index in [1.165, 1.54) is 0 Å². The highest BCUT2D eigenvalue weighted by molar-refractivity contribution is 5.95. The van der Waals surface area contributed by atoms with E-state index in [1.807, 2.05) is 13.8 Å². The smallest absolute Gasteiger partial charge is 0.330 e. The molecular weight excluding hydrogens is 198 g/mol. The number of rotatable bonds is 4. The van der Waals surface area contributed by atoms with E-state index in [-0.39, 0.29) is 12.8 Å². The van der Waals surface area contributed by atoms with Crippen molar-refractivity contribution < 1.29 is 19.2 Å². The van der Waals surface area contributed by atoms with Gasteiger partial charge in [-0.05, 0) is 12.8 Å². The van der Waals surface area contributed by atoms with Crippen molar-refractivity contribution in [1.29, 1.82) is 0 Å². The highest BCUT2D eigenvalue weighted by Gasteiger charge is 2.23. The third-order valence-electron chi connectivity index (χ3n) is 1.60. The monoisotopic (exact) mass is 215 g/mol. The van der Waals surface area contributed by atoms with Crippen LogP contribution in [0.4, 0.5) is 0 Å². The molecule has 0 unspecified atom stereocenters. The number of amides is 2. The molecule has 0 heterocycles. The van der Waals surface area contributed by atoms with Crippen LogP contribution in [0, 0.1) is 0 Å². The van der Waals surface area contributed by atoms with Crippen molar-refractivity contribution in [3.05, 3.63) is 0 Å². The van der Waals surface area contributed by atoms with E-state index in [4.69, 9.17) is 0 Å². The highest BCUT2D eigenvalue weighted by Crippen LogP contribution is 2.04. The van der Waals surface area contributed by atoms with Gasteiger partial charge in [-0.2, -0.15) is 0 Å². The molecule has 5 nitrogen and oxygen atoms in total. The molecule has 0 fully saturated rings. The maximum Gasteiger partial charge on any atom is 0.330 e. The second-order valence-electron chi connectivity index (χ2n) is 3.16. The fourth-order valence-electron chi connectivity index (χ4n) is 1.00. The molecule has 86 valence electrons. The third kappa shape index (κ3) is 5.15. The largest absolute Gasteiger partial charge is 0.331 e. The van der Waals surface area contributed by atoms with Crippen LogP contribution >= 0.6 is 0 Å². The molecule has 0 aromatic carbocycles. The zero-order chi connectivity index (χ0) is 11.8. The lowest BCUT2D eigenvalue weighted by Crippen LogP contribution is -2.37. The van der Waals surface area contributed by atoms with Gasteiger partial charge in [0.2, 0.25) is 0 Å². The summed E-state index contributed by atoms with van der Waals surface area (Å²) in [7, 11) is 0. The lowest BCUT2D eigenvalue weighted by atomic mass is 10.3. The molecule has 0 spiro atoms. The van der Waals surface area contributed by atoms with Gasteiger partial charge in [0.15, 0.2) is 0 Å². The summed E-state index contributed by atoms with van der Waals surface area (Å²) in [5.41, 5.74) is 0. The van der Waals surface area contributed by atoms with Gasteiger partial charge in [0.05, 0.1) is 0 Å². The van der Waals surface area contributed by atoms with Crippen LogP contribution in [0.15, 0.2) is 0 Å². The van der Waals surface area contributed by atoms with Gasteiger partial charge in [0.1, 0.15) is 0 Å². The Morgan fingerprint density at radius 1 is 1.00 bits per heavy atom. The summed E-state index contributed by atoms with van der Waals surface area (Å²) in [6.45, 7) is 4.79. The molecule has 0 atom stereocenters. The van der Waals surface area contributed by atoms with Gasteiger partial charge in [0, 0.05) is 19.8 Å². The summed E-state index contributed by atoms with van der Waals surface area (Å²) in [5, 5.41) is 0.579. The number of nitrogens with zero attached hydrogens (tertiary/aromatic N) is 1. The zero-order valence-corrected chi connectivity index (χ0v) is 9.41. The molecule has 0 saturated carbocycles. The maximum atomic E-state index is 11.4. The Kier molecular flexibility index (Phi) is 6.33. The predicted molar refractivity (Wildman–Crippen MR) is 53.4 cm³/mol. The number of hydrogen-bond donors (Lipinski definition) is 0. The van der Waals surface area contributed by atoms with Crippen molar-refractivity contribution in [2.75, 3.05) is 0 Å². The first-order valence-corrected chi connectivity index (χ1v) is 5.07. The first-order valence-electron chi connectivity index (χ1n) is 5.07. The van der Waals surface area contributed by atoms with Crippen LogP contribution in [0.5, 0.6) is 0 Å². The van der Waals surface area contributed by atoms with Crippen LogP contribution in [-0.2, 0) is 19.2 Å². The summed E-state index contributed by atoms with van der Waals surface area (Å²) >= 11 is 0. The molecule has 0 aliphatic heterocycles. The van der Waals surface area contributed by atoms with E-state index >= 15 is 0 Å². The van der Waals surface area contributed by atoms with Crippen molar-refractivity contribution in [3.8, 4) is 0 Å². The van der Waals surface area contributed by atoms with Crippen molar-refractivity contribution in [3.63, 3.8) is 0 Å². The molecule has 15 heavy (non-hydrogen) atoms. The van der Waals surface area contributed by atoms with E-state index < -0.39 is 17.8 Å². The SMILES string of the molecule is CCCC(=O)N(OC(C)=O)C(=O)CCC. The van der Waals surface area contributed by atoms with Gasteiger partial charge in [-0.25, -0.2) is 4.79 Å². The molecule has 2 amide bonds. The first kappa shape index (κ1) is 13.6. The van der Waals surface area contributed by atoms with Crippen LogP contribution in [0.1, 0.15) is 46.5 Å². The minimum atomic E-state index is -0.663. The number of carbonyl (C=O) groups excluding carboxylic acids is 3. The molecule has 0 rings (SSSR count). The Bertz CT molecular complexity index is 232. The topological polar surface area (TPSA) is 63.7 Å². The molecule has 0 aliphatic carbocycles. The maximum absolute atomic E-state index is 11.4. The molecule has 0 aliphatic rings. The van der Waals surface area contributed by atoms with Gasteiger partial charge in [-0.3, -0.25) is 9.59 Å². The second kappa shape index (κ2) is 6.98. The van der Waals surface area contributed by atoms with E-state index in [9.17, 15) is 14.4 Å². The molecule has 5 heteroatoms. The van der Waals surface area contributed by atoms with E-state index in [2.05, 4.69) is 4.84 Å². The molecular formula is C10H17NO4. The molecule has 0 bridgehead atoms. The van der Waals surface area contributed by atoms with Crippen LogP contribution in [0.25, 0.3) is 0 Å². The van der Waals surface area contributed by atoms with Crippen molar-refractivity contribution >= 4 is 17.8 Å². The van der Waals surface area contributed by atoms with Gasteiger partial charge in [-0.15, -0.1) is 5.06 Å². The fraction of sp³-hybridized carbons (Fsp3) is 0.700. The number of imide groups is 1. The molecule has 0 radical (unpaired) electrons. The van der Waals surface area contributed by atoms with Crippen LogP contribution in [-0.4, -0.2) is 22.8 Å². The van der Waals surface area contributed by atoms with Crippen molar-refractivity contribution in [2.45, 2.75) is 46.5 Å². The van der Waals surface area contributed by atoms with E-state index in [0.717, 1.165) is 6.92 Å². The van der Waals surface area contributed by atoms with Crippen molar-refractivity contribution in [2.24, 2.45) is 0 Å². The summed E-state index contributed by atoms with van der Waals surface area (Å²) in [6.07, 6.45) is 1.61. The number of hydroxylamine groups is 2. The van der Waals surface area contributed by atoms with Crippen LogP contribution in [0.2, 0.25) is 0 Å². The van der Waals surface area contributed by atoms with E-state index in [1.54, 1.807) is 0 Å². The van der Waals surface area contributed by atoms with Gasteiger partial charge in [-0.1, -0.05) is 13.8 Å². The lowest BCUT2D eigenvalue weighted by Gasteiger charge is -2.17. The predicted octanol–water partition coefficient (Wildman–Crippen LogP) is 1.42.